The molecule has 0 aliphatic heterocycles. The van der Waals surface area contributed by atoms with Gasteiger partial charge in [0.1, 0.15) is 11.3 Å². The van der Waals surface area contributed by atoms with E-state index < -0.39 is 17.7 Å². The highest BCUT2D eigenvalue weighted by molar-refractivity contribution is 6.04. The lowest BCUT2D eigenvalue weighted by atomic mass is 10.0. The van der Waals surface area contributed by atoms with Crippen LogP contribution in [0.15, 0.2) is 54.6 Å². The zero-order valence-corrected chi connectivity index (χ0v) is 16.0. The summed E-state index contributed by atoms with van der Waals surface area (Å²) in [4.78, 5) is 25.5. The second-order valence-electron chi connectivity index (χ2n) is 7.31. The molecule has 0 spiro atoms. The molecule has 0 radical (unpaired) electrons. The fourth-order valence-electron chi connectivity index (χ4n) is 3.09. The summed E-state index contributed by atoms with van der Waals surface area (Å²) in [6, 6.07) is 17.2. The van der Waals surface area contributed by atoms with E-state index in [2.05, 4.69) is 0 Å². The summed E-state index contributed by atoms with van der Waals surface area (Å²) in [5.74, 6) is -0.567. The molecule has 5 nitrogen and oxygen atoms in total. The summed E-state index contributed by atoms with van der Waals surface area (Å²) >= 11 is 0. The number of benzene rings is 2. The van der Waals surface area contributed by atoms with E-state index in [0.717, 1.165) is 16.5 Å². The van der Waals surface area contributed by atoms with Gasteiger partial charge in [0.2, 0.25) is 0 Å². The van der Waals surface area contributed by atoms with Crippen molar-refractivity contribution in [3.05, 3.63) is 71.4 Å². The van der Waals surface area contributed by atoms with Crippen molar-refractivity contribution in [2.45, 2.75) is 32.8 Å². The summed E-state index contributed by atoms with van der Waals surface area (Å²) in [6.45, 7) is 5.37. The molecule has 0 unspecified atom stereocenters. The first kappa shape index (κ1) is 18.7. The molecule has 3 rings (SSSR count). The number of hydrogen-bond acceptors (Lipinski definition) is 4. The van der Waals surface area contributed by atoms with Crippen LogP contribution in [0.1, 0.15) is 42.4 Å². The number of hydrogen-bond donors (Lipinski definition) is 0. The van der Waals surface area contributed by atoms with Gasteiger partial charge in [-0.3, -0.25) is 0 Å². The average Bonchev–Trinajstić information content (AvgIpc) is 2.95. The quantitative estimate of drug-likeness (QED) is 0.626. The van der Waals surface area contributed by atoms with E-state index >= 15 is 0 Å². The van der Waals surface area contributed by atoms with Gasteiger partial charge in [0.05, 0.1) is 12.6 Å². The maximum absolute atomic E-state index is 12.9. The normalized spacial score (nSPS) is 11.4. The Morgan fingerprint density at radius 3 is 2.22 bits per heavy atom. The van der Waals surface area contributed by atoms with E-state index in [0.29, 0.717) is 11.9 Å². The van der Waals surface area contributed by atoms with Gasteiger partial charge in [-0.05, 0) is 38.0 Å². The van der Waals surface area contributed by atoms with Crippen molar-refractivity contribution in [3.8, 4) is 0 Å². The number of nitrogens with zero attached hydrogens (tertiary/aromatic N) is 1. The fraction of sp³-hybridized carbons (Fsp3) is 0.273. The molecule has 1 aromatic heterocycles. The number of aromatic nitrogens is 1. The summed E-state index contributed by atoms with van der Waals surface area (Å²) < 4.78 is 11.9. The van der Waals surface area contributed by atoms with Crippen LogP contribution in [-0.2, 0) is 15.9 Å². The molecule has 0 fully saturated rings. The second-order valence-corrected chi connectivity index (χ2v) is 7.31. The molecular weight excluding hydrogens is 342 g/mol. The van der Waals surface area contributed by atoms with Gasteiger partial charge < -0.3 is 9.47 Å². The van der Waals surface area contributed by atoms with Crippen molar-refractivity contribution in [1.29, 1.82) is 0 Å². The summed E-state index contributed by atoms with van der Waals surface area (Å²) in [6.07, 6.45) is -0.0971. The van der Waals surface area contributed by atoms with E-state index in [4.69, 9.17) is 9.47 Å². The predicted octanol–water partition coefficient (Wildman–Crippen LogP) is 4.80. The van der Waals surface area contributed by atoms with Crippen molar-refractivity contribution in [1.82, 2.24) is 4.57 Å². The molecule has 140 valence electrons. The SMILES string of the molecule is COC(=O)c1c(Cc2ccccc2)c2ccccc2n1C(=O)OC(C)(C)C. The van der Waals surface area contributed by atoms with Crippen molar-refractivity contribution < 1.29 is 19.1 Å². The van der Waals surface area contributed by atoms with Crippen molar-refractivity contribution in [3.63, 3.8) is 0 Å². The van der Waals surface area contributed by atoms with Crippen LogP contribution in [0, 0.1) is 0 Å². The van der Waals surface area contributed by atoms with Crippen LogP contribution in [0.5, 0.6) is 0 Å². The van der Waals surface area contributed by atoms with Gasteiger partial charge >= 0.3 is 12.1 Å². The molecular formula is C22H23NO4. The van der Waals surface area contributed by atoms with Crippen molar-refractivity contribution >= 4 is 23.0 Å². The third kappa shape index (κ3) is 3.87. The lowest BCUT2D eigenvalue weighted by Gasteiger charge is -2.20. The molecule has 0 aliphatic carbocycles. The maximum Gasteiger partial charge on any atom is 0.419 e. The molecule has 3 aromatic rings. The van der Waals surface area contributed by atoms with Gasteiger partial charge in [0.15, 0.2) is 0 Å². The highest BCUT2D eigenvalue weighted by atomic mass is 16.6. The zero-order valence-electron chi connectivity index (χ0n) is 16.0. The van der Waals surface area contributed by atoms with Gasteiger partial charge in [0.25, 0.3) is 0 Å². The number of para-hydroxylation sites is 1. The number of methoxy groups -OCH3 is 1. The van der Waals surface area contributed by atoms with Crippen LogP contribution in [0.4, 0.5) is 4.79 Å². The Kier molecular flexibility index (Phi) is 5.04. The van der Waals surface area contributed by atoms with Gasteiger partial charge in [-0.25, -0.2) is 14.2 Å². The van der Waals surface area contributed by atoms with Crippen LogP contribution >= 0.6 is 0 Å². The van der Waals surface area contributed by atoms with Gasteiger partial charge in [0, 0.05) is 11.8 Å². The van der Waals surface area contributed by atoms with E-state index in [-0.39, 0.29) is 5.69 Å². The lowest BCUT2D eigenvalue weighted by molar-refractivity contribution is 0.0488. The molecule has 1 heterocycles. The molecule has 0 N–H and O–H groups in total. The van der Waals surface area contributed by atoms with Gasteiger partial charge in [-0.15, -0.1) is 0 Å². The highest BCUT2D eigenvalue weighted by Crippen LogP contribution is 2.30. The first-order valence-electron chi connectivity index (χ1n) is 8.79. The molecule has 0 amide bonds. The molecule has 0 atom stereocenters. The minimum atomic E-state index is -0.685. The smallest absolute Gasteiger partial charge is 0.419 e. The molecule has 0 saturated carbocycles. The Balaban J connectivity index is 2.25. The molecule has 2 aromatic carbocycles. The lowest BCUT2D eigenvalue weighted by Crippen LogP contribution is -2.29. The molecule has 5 heteroatoms. The Morgan fingerprint density at radius 2 is 1.59 bits per heavy atom. The third-order valence-electron chi connectivity index (χ3n) is 4.16. The standard InChI is InChI=1S/C22H23NO4/c1-22(2,3)27-21(25)23-18-13-9-8-12-16(18)17(19(23)20(24)26-4)14-15-10-6-5-7-11-15/h5-13H,14H2,1-4H3. The molecule has 0 bridgehead atoms. The minimum Gasteiger partial charge on any atom is -0.464 e. The molecule has 27 heavy (non-hydrogen) atoms. The van der Waals surface area contributed by atoms with Crippen LogP contribution < -0.4 is 0 Å². The number of esters is 1. The minimum absolute atomic E-state index is 0.205. The first-order chi connectivity index (χ1) is 12.8. The maximum atomic E-state index is 12.9. The van der Waals surface area contributed by atoms with E-state index in [1.807, 2.05) is 48.5 Å². The second kappa shape index (κ2) is 7.27. The van der Waals surface area contributed by atoms with Crippen molar-refractivity contribution in [2.24, 2.45) is 0 Å². The van der Waals surface area contributed by atoms with Crippen molar-refractivity contribution in [2.75, 3.05) is 7.11 Å². The fourth-order valence-corrected chi connectivity index (χ4v) is 3.09. The van der Waals surface area contributed by atoms with E-state index in [1.165, 1.54) is 11.7 Å². The van der Waals surface area contributed by atoms with E-state index in [9.17, 15) is 9.59 Å². The largest absolute Gasteiger partial charge is 0.464 e. The number of carbonyl (C=O) groups excluding carboxylic acids is 2. The van der Waals surface area contributed by atoms with Crippen LogP contribution in [-0.4, -0.2) is 29.3 Å². The Hall–Kier alpha value is -3.08. The number of rotatable bonds is 3. The Bertz CT molecular complexity index is 981. The topological polar surface area (TPSA) is 57.5 Å². The number of carbonyl (C=O) groups is 2. The van der Waals surface area contributed by atoms with Crippen LogP contribution in [0.3, 0.4) is 0 Å². The number of fused-ring (bicyclic) bond motifs is 1. The summed E-state index contributed by atoms with van der Waals surface area (Å²) in [5.41, 5.74) is 1.93. The zero-order chi connectivity index (χ0) is 19.6. The van der Waals surface area contributed by atoms with Gasteiger partial charge in [-0.2, -0.15) is 0 Å². The summed E-state index contributed by atoms with van der Waals surface area (Å²) in [7, 11) is 1.31. The van der Waals surface area contributed by atoms with Crippen LogP contribution in [0.2, 0.25) is 0 Å². The third-order valence-corrected chi connectivity index (χ3v) is 4.16. The average molecular weight is 365 g/mol. The van der Waals surface area contributed by atoms with E-state index in [1.54, 1.807) is 26.8 Å². The van der Waals surface area contributed by atoms with Gasteiger partial charge in [-0.1, -0.05) is 48.5 Å². The Labute approximate surface area is 158 Å². The van der Waals surface area contributed by atoms with Crippen LogP contribution in [0.25, 0.3) is 10.9 Å². The first-order valence-corrected chi connectivity index (χ1v) is 8.79. The molecule has 0 aliphatic rings. The monoisotopic (exact) mass is 365 g/mol. The predicted molar refractivity (Wildman–Crippen MR) is 104 cm³/mol. The Morgan fingerprint density at radius 1 is 0.963 bits per heavy atom. The number of ether oxygens (including phenoxy) is 2. The molecule has 0 saturated heterocycles. The summed E-state index contributed by atoms with van der Waals surface area (Å²) in [5, 5.41) is 0.826. The highest BCUT2D eigenvalue weighted by Gasteiger charge is 2.29.